The molecule has 0 aliphatic carbocycles. The van der Waals surface area contributed by atoms with Crippen molar-refractivity contribution in [3.05, 3.63) is 35.9 Å². The van der Waals surface area contributed by atoms with E-state index in [1.807, 2.05) is 6.07 Å². The van der Waals surface area contributed by atoms with Crippen molar-refractivity contribution in [3.63, 3.8) is 0 Å². The highest BCUT2D eigenvalue weighted by Gasteiger charge is 2.47. The Morgan fingerprint density at radius 1 is 1.11 bits per heavy atom. The van der Waals surface area contributed by atoms with Crippen LogP contribution >= 0.6 is 0 Å². The van der Waals surface area contributed by atoms with Crippen LogP contribution in [-0.2, 0) is 23.4 Å². The molecular formula is C21H32O6Si. The Kier molecular flexibility index (Phi) is 7.06. The summed E-state index contributed by atoms with van der Waals surface area (Å²) in [5, 5.41) is -0.0144. The smallest absolute Gasteiger partial charge is 0.338 e. The number of carbonyl (C=O) groups is 2. The number of rotatable bonds is 5. The second kappa shape index (κ2) is 8.76. The van der Waals surface area contributed by atoms with E-state index in [0.717, 1.165) is 0 Å². The monoisotopic (exact) mass is 408 g/mol. The zero-order valence-electron chi connectivity index (χ0n) is 17.9. The van der Waals surface area contributed by atoms with Crippen LogP contribution in [0.1, 0.15) is 51.4 Å². The van der Waals surface area contributed by atoms with Gasteiger partial charge in [0.2, 0.25) is 6.29 Å². The van der Waals surface area contributed by atoms with Gasteiger partial charge in [-0.05, 0) is 37.2 Å². The Hall–Kier alpha value is -1.70. The lowest BCUT2D eigenvalue weighted by Crippen LogP contribution is -2.56. The minimum Gasteiger partial charge on any atom is -0.453 e. The molecule has 0 spiro atoms. The molecule has 0 N–H and O–H groups in total. The summed E-state index contributed by atoms with van der Waals surface area (Å²) in [6.07, 6.45) is -1.87. The van der Waals surface area contributed by atoms with Crippen molar-refractivity contribution in [2.24, 2.45) is 0 Å². The summed E-state index contributed by atoms with van der Waals surface area (Å²) in [6, 6.07) is 8.84. The standard InChI is InChI=1S/C21H32O6Si/c1-14-19(26-20(23)16-11-9-8-10-12-16)17(13-18(24-14)25-15(2)22)27-28(6,7)21(3,4)5/h8-12,14,17-19H,13H2,1-7H3/t14-,17-,18-,19-/m0/s1. The first-order valence-electron chi connectivity index (χ1n) is 9.67. The maximum atomic E-state index is 12.6. The van der Waals surface area contributed by atoms with Gasteiger partial charge in [-0.15, -0.1) is 0 Å². The van der Waals surface area contributed by atoms with Crippen LogP contribution in [0.3, 0.4) is 0 Å². The van der Waals surface area contributed by atoms with Gasteiger partial charge in [0.15, 0.2) is 14.4 Å². The van der Waals surface area contributed by atoms with Gasteiger partial charge in [-0.1, -0.05) is 39.0 Å². The highest BCUT2D eigenvalue weighted by Crippen LogP contribution is 2.40. The molecule has 6 nitrogen and oxygen atoms in total. The van der Waals surface area contributed by atoms with Gasteiger partial charge in [-0.3, -0.25) is 4.79 Å². The van der Waals surface area contributed by atoms with Crippen molar-refractivity contribution in [2.75, 3.05) is 0 Å². The molecule has 1 aromatic carbocycles. The first-order chi connectivity index (χ1) is 12.9. The van der Waals surface area contributed by atoms with Gasteiger partial charge in [-0.25, -0.2) is 4.79 Å². The SMILES string of the molecule is CC(=O)O[C@H]1C[C@H](O[Si](C)(C)C(C)(C)C)[C@@H](OC(=O)c2ccccc2)[C@H](C)O1. The van der Waals surface area contributed by atoms with Crippen LogP contribution in [0.5, 0.6) is 0 Å². The first-order valence-corrected chi connectivity index (χ1v) is 12.6. The summed E-state index contributed by atoms with van der Waals surface area (Å²) in [7, 11) is -2.15. The third-order valence-electron chi connectivity index (χ3n) is 5.42. The van der Waals surface area contributed by atoms with E-state index in [4.69, 9.17) is 18.6 Å². The van der Waals surface area contributed by atoms with E-state index in [2.05, 4.69) is 33.9 Å². The number of ether oxygens (including phenoxy) is 3. The average Bonchev–Trinajstić information content (AvgIpc) is 2.56. The molecule has 0 radical (unpaired) electrons. The van der Waals surface area contributed by atoms with Crippen LogP contribution in [0, 0.1) is 0 Å². The third-order valence-corrected chi connectivity index (χ3v) is 9.93. The van der Waals surface area contributed by atoms with Crippen molar-refractivity contribution >= 4 is 20.3 Å². The molecule has 1 aliphatic rings. The topological polar surface area (TPSA) is 71.1 Å². The molecule has 1 aromatic rings. The molecule has 156 valence electrons. The van der Waals surface area contributed by atoms with Gasteiger partial charge < -0.3 is 18.6 Å². The number of hydrogen-bond donors (Lipinski definition) is 0. The van der Waals surface area contributed by atoms with Crippen molar-refractivity contribution in [2.45, 2.75) is 83.8 Å². The molecule has 0 amide bonds. The average molecular weight is 409 g/mol. The van der Waals surface area contributed by atoms with Crippen molar-refractivity contribution in [3.8, 4) is 0 Å². The van der Waals surface area contributed by atoms with Crippen LogP contribution in [0.2, 0.25) is 18.1 Å². The molecule has 0 unspecified atom stereocenters. The number of esters is 2. The summed E-state index contributed by atoms with van der Waals surface area (Å²) in [5.41, 5.74) is 0.475. The molecule has 1 saturated heterocycles. The number of carbonyl (C=O) groups excluding carboxylic acids is 2. The Morgan fingerprint density at radius 2 is 1.71 bits per heavy atom. The first kappa shape index (κ1) is 22.6. The fourth-order valence-corrected chi connectivity index (χ4v) is 4.21. The van der Waals surface area contributed by atoms with E-state index in [0.29, 0.717) is 12.0 Å². The minimum atomic E-state index is -2.15. The summed E-state index contributed by atoms with van der Waals surface area (Å²) in [6.45, 7) is 13.9. The Balaban J connectivity index is 2.23. The second-order valence-corrected chi connectivity index (χ2v) is 13.5. The van der Waals surface area contributed by atoms with Crippen LogP contribution in [0.15, 0.2) is 30.3 Å². The molecule has 1 aliphatic heterocycles. The van der Waals surface area contributed by atoms with E-state index in [1.165, 1.54) is 6.92 Å². The fourth-order valence-electron chi connectivity index (χ4n) is 2.87. The van der Waals surface area contributed by atoms with Gasteiger partial charge in [0, 0.05) is 13.3 Å². The molecule has 1 heterocycles. The highest BCUT2D eigenvalue weighted by atomic mass is 28.4. The van der Waals surface area contributed by atoms with Crippen molar-refractivity contribution in [1.82, 2.24) is 0 Å². The third kappa shape index (κ3) is 5.65. The normalized spacial score (nSPS) is 25.8. The molecular weight excluding hydrogens is 376 g/mol. The Bertz CT molecular complexity index is 682. The van der Waals surface area contributed by atoms with E-state index in [-0.39, 0.29) is 5.04 Å². The predicted octanol–water partition coefficient (Wildman–Crippen LogP) is 4.30. The van der Waals surface area contributed by atoms with Crippen molar-refractivity contribution < 1.29 is 28.2 Å². The minimum absolute atomic E-state index is 0.0144. The van der Waals surface area contributed by atoms with Gasteiger partial charge >= 0.3 is 11.9 Å². The molecule has 4 atom stereocenters. The van der Waals surface area contributed by atoms with Crippen molar-refractivity contribution in [1.29, 1.82) is 0 Å². The summed E-state index contributed by atoms with van der Waals surface area (Å²) < 4.78 is 23.4. The van der Waals surface area contributed by atoms with Gasteiger partial charge in [0.25, 0.3) is 0 Å². The summed E-state index contributed by atoms with van der Waals surface area (Å²) in [4.78, 5) is 24.0. The maximum absolute atomic E-state index is 12.6. The Labute approximate surface area is 168 Å². The van der Waals surface area contributed by atoms with E-state index >= 15 is 0 Å². The zero-order valence-corrected chi connectivity index (χ0v) is 18.9. The van der Waals surface area contributed by atoms with Gasteiger partial charge in [0.1, 0.15) is 0 Å². The molecule has 0 saturated carbocycles. The molecule has 1 fully saturated rings. The summed E-state index contributed by atoms with van der Waals surface area (Å²) in [5.74, 6) is -0.834. The molecule has 0 aromatic heterocycles. The highest BCUT2D eigenvalue weighted by molar-refractivity contribution is 6.74. The Morgan fingerprint density at radius 3 is 2.25 bits per heavy atom. The maximum Gasteiger partial charge on any atom is 0.338 e. The van der Waals surface area contributed by atoms with Gasteiger partial charge in [0.05, 0.1) is 17.8 Å². The largest absolute Gasteiger partial charge is 0.453 e. The van der Waals surface area contributed by atoms with E-state index in [9.17, 15) is 9.59 Å². The lowest BCUT2D eigenvalue weighted by Gasteiger charge is -2.45. The van der Waals surface area contributed by atoms with E-state index in [1.54, 1.807) is 31.2 Å². The van der Waals surface area contributed by atoms with Gasteiger partial charge in [-0.2, -0.15) is 0 Å². The lowest BCUT2D eigenvalue weighted by atomic mass is 10.0. The van der Waals surface area contributed by atoms with Crippen LogP contribution in [0.25, 0.3) is 0 Å². The fraction of sp³-hybridized carbons (Fsp3) is 0.619. The molecule has 7 heteroatoms. The second-order valence-electron chi connectivity index (χ2n) is 8.77. The molecule has 28 heavy (non-hydrogen) atoms. The summed E-state index contributed by atoms with van der Waals surface area (Å²) >= 11 is 0. The molecule has 2 rings (SSSR count). The van der Waals surface area contributed by atoms with Crippen LogP contribution in [-0.4, -0.2) is 44.9 Å². The van der Waals surface area contributed by atoms with Crippen LogP contribution < -0.4 is 0 Å². The number of benzene rings is 1. The predicted molar refractivity (Wildman–Crippen MR) is 108 cm³/mol. The van der Waals surface area contributed by atoms with Crippen LogP contribution in [0.4, 0.5) is 0 Å². The quantitative estimate of drug-likeness (QED) is 0.534. The number of hydrogen-bond acceptors (Lipinski definition) is 6. The lowest BCUT2D eigenvalue weighted by molar-refractivity contribution is -0.237. The molecule has 0 bridgehead atoms. The van der Waals surface area contributed by atoms with E-state index < -0.39 is 44.9 Å². The zero-order chi connectivity index (χ0) is 21.1.